The van der Waals surface area contributed by atoms with Crippen molar-refractivity contribution in [1.29, 1.82) is 0 Å². The summed E-state index contributed by atoms with van der Waals surface area (Å²) in [5, 5.41) is 0. The van der Waals surface area contributed by atoms with Crippen LogP contribution in [0.5, 0.6) is 0 Å². The van der Waals surface area contributed by atoms with Gasteiger partial charge in [-0.05, 0) is 83.5 Å². The predicted molar refractivity (Wildman–Crippen MR) is 252 cm³/mol. The second-order valence-electron chi connectivity index (χ2n) is 16.8. The van der Waals surface area contributed by atoms with Gasteiger partial charge in [-0.2, -0.15) is 0 Å². The lowest BCUT2D eigenvalue weighted by molar-refractivity contribution is -0.870. The van der Waals surface area contributed by atoms with Crippen molar-refractivity contribution in [3.05, 3.63) is 72.9 Å². The number of phosphoric acid groups is 1. The van der Waals surface area contributed by atoms with Crippen LogP contribution in [0.3, 0.4) is 0 Å². The van der Waals surface area contributed by atoms with Crippen molar-refractivity contribution in [2.75, 3.05) is 54.1 Å². The number of quaternary nitrogens is 1. The summed E-state index contributed by atoms with van der Waals surface area (Å²) < 4.78 is 35.0. The number of phosphoric ester groups is 1. The van der Waals surface area contributed by atoms with E-state index >= 15 is 0 Å². The summed E-state index contributed by atoms with van der Waals surface area (Å²) in [4.78, 5) is 22.9. The summed E-state index contributed by atoms with van der Waals surface area (Å²) in [5.41, 5.74) is 0. The Morgan fingerprint density at radius 1 is 0.542 bits per heavy atom. The normalized spacial score (nSPS) is 14.3. The topological polar surface area (TPSA) is 91.3 Å². The Kier molecular flexibility index (Phi) is 41.1. The van der Waals surface area contributed by atoms with Crippen LogP contribution < -0.4 is 0 Å². The molecule has 2 unspecified atom stereocenters. The van der Waals surface area contributed by atoms with Crippen molar-refractivity contribution in [3.8, 4) is 0 Å². The van der Waals surface area contributed by atoms with Crippen molar-refractivity contribution in [2.24, 2.45) is 0 Å². The Bertz CT molecular complexity index is 1170. The number of carbonyl (C=O) groups is 1. The molecule has 0 aromatic rings. The van der Waals surface area contributed by atoms with Gasteiger partial charge >= 0.3 is 13.8 Å². The fourth-order valence-electron chi connectivity index (χ4n) is 6.10. The van der Waals surface area contributed by atoms with Gasteiger partial charge in [-0.15, -0.1) is 0 Å². The average molecular weight is 849 g/mol. The van der Waals surface area contributed by atoms with Crippen LogP contribution in [0.2, 0.25) is 0 Å². The molecule has 0 aromatic heterocycles. The van der Waals surface area contributed by atoms with Gasteiger partial charge in [-0.1, -0.05) is 164 Å². The molecule has 0 aliphatic heterocycles. The fraction of sp³-hybridized carbons (Fsp3) is 0.740. The van der Waals surface area contributed by atoms with Gasteiger partial charge in [-0.3, -0.25) is 13.8 Å². The van der Waals surface area contributed by atoms with E-state index in [9.17, 15) is 14.3 Å². The third-order valence-electron chi connectivity index (χ3n) is 9.75. The van der Waals surface area contributed by atoms with E-state index in [0.717, 1.165) is 70.6 Å². The van der Waals surface area contributed by atoms with E-state index < -0.39 is 13.9 Å². The lowest BCUT2D eigenvalue weighted by Gasteiger charge is -2.24. The van der Waals surface area contributed by atoms with Crippen LogP contribution in [0.1, 0.15) is 181 Å². The van der Waals surface area contributed by atoms with Gasteiger partial charge in [0.2, 0.25) is 0 Å². The highest BCUT2D eigenvalue weighted by Gasteiger charge is 2.26. The summed E-state index contributed by atoms with van der Waals surface area (Å²) in [6.45, 7) is 5.43. The van der Waals surface area contributed by atoms with Crippen molar-refractivity contribution < 1.29 is 37.3 Å². The number of ether oxygens (including phenoxy) is 2. The van der Waals surface area contributed by atoms with Crippen molar-refractivity contribution >= 4 is 13.8 Å². The molecular formula is C50H91NO7P+. The third-order valence-corrected chi connectivity index (χ3v) is 10.7. The second kappa shape index (κ2) is 42.6. The lowest BCUT2D eigenvalue weighted by Crippen LogP contribution is -2.37. The van der Waals surface area contributed by atoms with E-state index in [1.54, 1.807) is 0 Å². The SMILES string of the molecule is CC/C=C\C/C=C\C/C=C\CCCCCC(=O)OC(COCCCCCCCCCCC/C=C\C/C=C\C/C=C\CCCCCCC)COP(=O)(O)OCC[N+](C)(C)C. The Hall–Kier alpha value is -2.06. The van der Waals surface area contributed by atoms with E-state index in [2.05, 4.69) is 86.8 Å². The fourth-order valence-corrected chi connectivity index (χ4v) is 6.84. The minimum Gasteiger partial charge on any atom is -0.457 e. The van der Waals surface area contributed by atoms with Gasteiger partial charge in [0.15, 0.2) is 0 Å². The molecule has 0 aromatic carbocycles. The van der Waals surface area contributed by atoms with Gasteiger partial charge in [-0.25, -0.2) is 4.57 Å². The molecule has 8 nitrogen and oxygen atoms in total. The molecule has 9 heteroatoms. The quantitative estimate of drug-likeness (QED) is 0.0215. The van der Waals surface area contributed by atoms with E-state index in [-0.39, 0.29) is 32.2 Å². The summed E-state index contributed by atoms with van der Waals surface area (Å²) in [6.07, 6.45) is 55.2. The van der Waals surface area contributed by atoms with E-state index in [4.69, 9.17) is 18.5 Å². The molecule has 0 aliphatic rings. The molecule has 59 heavy (non-hydrogen) atoms. The van der Waals surface area contributed by atoms with Crippen LogP contribution in [0, 0.1) is 0 Å². The molecule has 0 saturated heterocycles. The third kappa shape index (κ3) is 46.9. The molecule has 0 rings (SSSR count). The molecule has 0 spiro atoms. The molecule has 0 amide bonds. The molecule has 0 saturated carbocycles. The van der Waals surface area contributed by atoms with Gasteiger partial charge in [0, 0.05) is 13.0 Å². The Morgan fingerprint density at radius 2 is 0.983 bits per heavy atom. The van der Waals surface area contributed by atoms with Crippen molar-refractivity contribution in [2.45, 2.75) is 187 Å². The predicted octanol–water partition coefficient (Wildman–Crippen LogP) is 14.3. The Balaban J connectivity index is 4.18. The molecule has 1 N–H and O–H groups in total. The Morgan fingerprint density at radius 3 is 1.47 bits per heavy atom. The monoisotopic (exact) mass is 849 g/mol. The van der Waals surface area contributed by atoms with E-state index in [1.165, 1.54) is 89.9 Å². The molecule has 0 aliphatic carbocycles. The largest absolute Gasteiger partial charge is 0.472 e. The first-order chi connectivity index (χ1) is 28.6. The molecule has 0 heterocycles. The smallest absolute Gasteiger partial charge is 0.457 e. The van der Waals surface area contributed by atoms with E-state index in [0.29, 0.717) is 17.6 Å². The summed E-state index contributed by atoms with van der Waals surface area (Å²) in [5.74, 6) is -0.347. The molecule has 0 bridgehead atoms. The van der Waals surface area contributed by atoms with Crippen LogP contribution in [0.4, 0.5) is 0 Å². The number of unbranched alkanes of at least 4 members (excludes halogenated alkanes) is 17. The highest BCUT2D eigenvalue weighted by atomic mass is 31.2. The molecular weight excluding hydrogens is 758 g/mol. The van der Waals surface area contributed by atoms with Crippen LogP contribution >= 0.6 is 7.82 Å². The van der Waals surface area contributed by atoms with Gasteiger partial charge in [0.1, 0.15) is 19.3 Å². The Labute approximate surface area is 363 Å². The highest BCUT2D eigenvalue weighted by molar-refractivity contribution is 7.47. The zero-order valence-corrected chi connectivity index (χ0v) is 39.6. The summed E-state index contributed by atoms with van der Waals surface area (Å²) >= 11 is 0. The first-order valence-corrected chi connectivity index (χ1v) is 25.2. The number of allylic oxidation sites excluding steroid dienone is 12. The minimum atomic E-state index is -4.29. The number of nitrogens with zero attached hydrogens (tertiary/aromatic N) is 1. The number of hydrogen-bond donors (Lipinski definition) is 1. The maximum atomic E-state index is 12.7. The van der Waals surface area contributed by atoms with Crippen LogP contribution in [0.25, 0.3) is 0 Å². The standard InChI is InChI=1S/C50H90NO7P/c1-6-8-10-12-14-16-18-20-21-22-23-24-25-26-27-28-29-30-32-34-36-38-40-42-45-55-47-49(48-57-59(53,54)56-46-44-51(3,4)5)58-50(52)43-41-39-37-35-33-31-19-17-15-13-11-9-7-2/h9,11,15,17-18,20,22-23,25-26,31,33,49H,6-8,10,12-14,16,19,21,24,27-30,32,34-48H2,1-5H3/p+1/b11-9-,17-15-,20-18-,23-22-,26-25-,33-31-. The lowest BCUT2D eigenvalue weighted by atomic mass is 10.1. The van der Waals surface area contributed by atoms with E-state index in [1.807, 2.05) is 21.1 Å². The van der Waals surface area contributed by atoms with Crippen molar-refractivity contribution in [3.63, 3.8) is 0 Å². The minimum absolute atomic E-state index is 0.0780. The number of rotatable bonds is 43. The van der Waals surface area contributed by atoms with Crippen LogP contribution in [-0.4, -0.2) is 75.6 Å². The average Bonchev–Trinajstić information content (AvgIpc) is 3.19. The summed E-state index contributed by atoms with van der Waals surface area (Å²) in [6, 6.07) is 0. The zero-order chi connectivity index (χ0) is 43.4. The first kappa shape index (κ1) is 56.9. The maximum absolute atomic E-state index is 12.7. The second-order valence-corrected chi connectivity index (χ2v) is 18.2. The molecule has 0 fully saturated rings. The van der Waals surface area contributed by atoms with Gasteiger partial charge in [0.25, 0.3) is 0 Å². The number of hydrogen-bond acceptors (Lipinski definition) is 6. The first-order valence-electron chi connectivity index (χ1n) is 23.7. The van der Waals surface area contributed by atoms with Crippen LogP contribution in [-0.2, 0) is 27.9 Å². The molecule has 342 valence electrons. The van der Waals surface area contributed by atoms with Gasteiger partial charge < -0.3 is 18.9 Å². The molecule has 0 radical (unpaired) electrons. The number of likely N-dealkylation sites (N-methyl/N-ethyl adjacent to an activating group) is 1. The number of carbonyl (C=O) groups excluding carboxylic acids is 1. The number of esters is 1. The zero-order valence-electron chi connectivity index (χ0n) is 38.7. The summed E-state index contributed by atoms with van der Waals surface area (Å²) in [7, 11) is 1.63. The van der Waals surface area contributed by atoms with Crippen LogP contribution in [0.15, 0.2) is 72.9 Å². The maximum Gasteiger partial charge on any atom is 0.472 e. The van der Waals surface area contributed by atoms with Gasteiger partial charge in [0.05, 0.1) is 34.4 Å². The highest BCUT2D eigenvalue weighted by Crippen LogP contribution is 2.43. The molecule has 2 atom stereocenters. The van der Waals surface area contributed by atoms with Crippen molar-refractivity contribution in [1.82, 2.24) is 0 Å².